The SMILES string of the molecule is CCOc1ccc(Oc2cccc(S(C)(=O)=O)c2N)cc1. The minimum atomic E-state index is -3.39. The minimum Gasteiger partial charge on any atom is -0.494 e. The Kier molecular flexibility index (Phi) is 4.37. The summed E-state index contributed by atoms with van der Waals surface area (Å²) in [6.07, 6.45) is 1.11. The van der Waals surface area contributed by atoms with E-state index in [0.29, 0.717) is 18.1 Å². The molecule has 0 spiro atoms. The molecule has 0 aliphatic carbocycles. The van der Waals surface area contributed by atoms with Crippen LogP contribution in [0.2, 0.25) is 0 Å². The first-order chi connectivity index (χ1) is 9.91. The first kappa shape index (κ1) is 15.2. The van der Waals surface area contributed by atoms with Crippen molar-refractivity contribution < 1.29 is 17.9 Å². The van der Waals surface area contributed by atoms with Crippen molar-refractivity contribution in [3.63, 3.8) is 0 Å². The van der Waals surface area contributed by atoms with Crippen LogP contribution in [-0.4, -0.2) is 21.3 Å². The molecule has 0 saturated heterocycles. The molecule has 0 amide bonds. The van der Waals surface area contributed by atoms with Gasteiger partial charge in [-0.15, -0.1) is 0 Å². The lowest BCUT2D eigenvalue weighted by Crippen LogP contribution is -2.03. The molecule has 2 N–H and O–H groups in total. The molecule has 0 aliphatic rings. The number of benzene rings is 2. The molecule has 0 bridgehead atoms. The predicted octanol–water partition coefficient (Wildman–Crippen LogP) is 2.86. The molecule has 0 heterocycles. The van der Waals surface area contributed by atoms with Gasteiger partial charge in [0.1, 0.15) is 11.5 Å². The summed E-state index contributed by atoms with van der Waals surface area (Å²) in [7, 11) is -3.39. The van der Waals surface area contributed by atoms with Gasteiger partial charge in [0, 0.05) is 6.26 Å². The normalized spacial score (nSPS) is 11.1. The molecule has 0 unspecified atom stereocenters. The number of nitrogen functional groups attached to an aromatic ring is 1. The number of rotatable bonds is 5. The smallest absolute Gasteiger partial charge is 0.177 e. The molecule has 0 saturated carbocycles. The third-order valence-electron chi connectivity index (χ3n) is 2.79. The van der Waals surface area contributed by atoms with Gasteiger partial charge in [-0.25, -0.2) is 8.42 Å². The number of anilines is 1. The molecule has 0 aromatic heterocycles. The maximum atomic E-state index is 11.6. The zero-order chi connectivity index (χ0) is 15.5. The van der Waals surface area contributed by atoms with Gasteiger partial charge in [0.05, 0.1) is 17.2 Å². The van der Waals surface area contributed by atoms with Gasteiger partial charge in [0.25, 0.3) is 0 Å². The van der Waals surface area contributed by atoms with Gasteiger partial charge in [0.15, 0.2) is 15.6 Å². The van der Waals surface area contributed by atoms with Crippen LogP contribution >= 0.6 is 0 Å². The van der Waals surface area contributed by atoms with Crippen molar-refractivity contribution in [1.82, 2.24) is 0 Å². The van der Waals surface area contributed by atoms with Crippen molar-refractivity contribution in [2.24, 2.45) is 0 Å². The number of hydrogen-bond donors (Lipinski definition) is 1. The fraction of sp³-hybridized carbons (Fsp3) is 0.200. The fourth-order valence-electron chi connectivity index (χ4n) is 1.83. The lowest BCUT2D eigenvalue weighted by atomic mass is 10.3. The van der Waals surface area contributed by atoms with Crippen molar-refractivity contribution in [3.05, 3.63) is 42.5 Å². The lowest BCUT2D eigenvalue weighted by Gasteiger charge is -2.11. The van der Waals surface area contributed by atoms with E-state index in [1.54, 1.807) is 36.4 Å². The predicted molar refractivity (Wildman–Crippen MR) is 81.6 cm³/mol. The fourth-order valence-corrected chi connectivity index (χ4v) is 2.66. The number of nitrogens with two attached hydrogens (primary N) is 1. The van der Waals surface area contributed by atoms with Gasteiger partial charge in [-0.1, -0.05) is 6.07 Å². The summed E-state index contributed by atoms with van der Waals surface area (Å²) in [6, 6.07) is 11.7. The summed E-state index contributed by atoms with van der Waals surface area (Å²) < 4.78 is 34.2. The molecule has 112 valence electrons. The van der Waals surface area contributed by atoms with E-state index in [9.17, 15) is 8.42 Å². The van der Waals surface area contributed by atoms with Crippen LogP contribution in [0.1, 0.15) is 6.92 Å². The minimum absolute atomic E-state index is 0.0611. The summed E-state index contributed by atoms with van der Waals surface area (Å²) in [6.45, 7) is 2.49. The number of ether oxygens (including phenoxy) is 2. The molecule has 0 aliphatic heterocycles. The van der Waals surface area contributed by atoms with Crippen LogP contribution in [0.5, 0.6) is 17.2 Å². The molecule has 2 rings (SSSR count). The quantitative estimate of drug-likeness (QED) is 0.859. The molecule has 2 aromatic rings. The first-order valence-electron chi connectivity index (χ1n) is 6.41. The van der Waals surface area contributed by atoms with E-state index < -0.39 is 9.84 Å². The number of hydrogen-bond acceptors (Lipinski definition) is 5. The molecule has 5 nitrogen and oxygen atoms in total. The Hall–Kier alpha value is -2.21. The van der Waals surface area contributed by atoms with Crippen LogP contribution < -0.4 is 15.2 Å². The zero-order valence-corrected chi connectivity index (χ0v) is 12.7. The van der Waals surface area contributed by atoms with E-state index in [1.165, 1.54) is 6.07 Å². The Labute approximate surface area is 124 Å². The second kappa shape index (κ2) is 6.05. The maximum Gasteiger partial charge on any atom is 0.177 e. The summed E-state index contributed by atoms with van der Waals surface area (Å²) >= 11 is 0. The highest BCUT2D eigenvalue weighted by Gasteiger charge is 2.15. The molecule has 6 heteroatoms. The van der Waals surface area contributed by atoms with Gasteiger partial charge in [-0.3, -0.25) is 0 Å². The van der Waals surface area contributed by atoms with E-state index in [0.717, 1.165) is 12.0 Å². The molecule has 0 fully saturated rings. The summed E-state index contributed by atoms with van der Waals surface area (Å²) in [5.41, 5.74) is 5.97. The Morgan fingerprint density at radius 3 is 2.24 bits per heavy atom. The second-order valence-corrected chi connectivity index (χ2v) is 6.43. The lowest BCUT2D eigenvalue weighted by molar-refractivity contribution is 0.339. The van der Waals surface area contributed by atoms with Gasteiger partial charge in [-0.2, -0.15) is 0 Å². The van der Waals surface area contributed by atoms with Crippen LogP contribution in [0.4, 0.5) is 5.69 Å². The molecular weight excluding hydrogens is 290 g/mol. The van der Waals surface area contributed by atoms with Crippen molar-refractivity contribution in [3.8, 4) is 17.2 Å². The van der Waals surface area contributed by atoms with Crippen molar-refractivity contribution in [2.75, 3.05) is 18.6 Å². The van der Waals surface area contributed by atoms with E-state index >= 15 is 0 Å². The van der Waals surface area contributed by atoms with Crippen LogP contribution in [0.3, 0.4) is 0 Å². The Bertz CT molecular complexity index is 724. The number of para-hydroxylation sites is 1. The van der Waals surface area contributed by atoms with Crippen molar-refractivity contribution >= 4 is 15.5 Å². The van der Waals surface area contributed by atoms with Crippen LogP contribution in [0, 0.1) is 0 Å². The van der Waals surface area contributed by atoms with Gasteiger partial charge >= 0.3 is 0 Å². The second-order valence-electron chi connectivity index (χ2n) is 4.45. The Morgan fingerprint density at radius 1 is 1.05 bits per heavy atom. The topological polar surface area (TPSA) is 78.6 Å². The third kappa shape index (κ3) is 3.66. The van der Waals surface area contributed by atoms with E-state index in [1.807, 2.05) is 6.92 Å². The Morgan fingerprint density at radius 2 is 1.67 bits per heavy atom. The monoisotopic (exact) mass is 307 g/mol. The van der Waals surface area contributed by atoms with Crippen molar-refractivity contribution in [1.29, 1.82) is 0 Å². The molecular formula is C15H17NO4S. The molecule has 21 heavy (non-hydrogen) atoms. The van der Waals surface area contributed by atoms with E-state index in [2.05, 4.69) is 0 Å². The van der Waals surface area contributed by atoms with E-state index in [-0.39, 0.29) is 10.6 Å². The highest BCUT2D eigenvalue weighted by molar-refractivity contribution is 7.90. The third-order valence-corrected chi connectivity index (χ3v) is 3.94. The summed E-state index contributed by atoms with van der Waals surface area (Å²) in [5.74, 6) is 1.60. The van der Waals surface area contributed by atoms with Crippen LogP contribution in [0.15, 0.2) is 47.4 Å². The Balaban J connectivity index is 2.28. The highest BCUT2D eigenvalue weighted by atomic mass is 32.2. The van der Waals surface area contributed by atoms with Crippen LogP contribution in [0.25, 0.3) is 0 Å². The molecule has 2 aromatic carbocycles. The number of sulfone groups is 1. The van der Waals surface area contributed by atoms with Gasteiger partial charge in [-0.05, 0) is 43.3 Å². The largest absolute Gasteiger partial charge is 0.494 e. The maximum absolute atomic E-state index is 11.6. The molecule has 0 radical (unpaired) electrons. The van der Waals surface area contributed by atoms with Crippen LogP contribution in [-0.2, 0) is 9.84 Å². The van der Waals surface area contributed by atoms with Gasteiger partial charge < -0.3 is 15.2 Å². The van der Waals surface area contributed by atoms with Crippen molar-refractivity contribution in [2.45, 2.75) is 11.8 Å². The van der Waals surface area contributed by atoms with E-state index in [4.69, 9.17) is 15.2 Å². The average molecular weight is 307 g/mol. The van der Waals surface area contributed by atoms with Gasteiger partial charge in [0.2, 0.25) is 0 Å². The standard InChI is InChI=1S/C15H17NO4S/c1-3-19-11-7-9-12(10-8-11)20-13-5-4-6-14(15(13)16)21(2,17)18/h4-10H,3,16H2,1-2H3. The molecule has 0 atom stereocenters. The first-order valence-corrected chi connectivity index (χ1v) is 8.30. The summed E-state index contributed by atoms with van der Waals surface area (Å²) in [4.78, 5) is 0.0611. The summed E-state index contributed by atoms with van der Waals surface area (Å²) in [5, 5.41) is 0. The zero-order valence-electron chi connectivity index (χ0n) is 11.9. The average Bonchev–Trinajstić information content (AvgIpc) is 2.42. The highest BCUT2D eigenvalue weighted by Crippen LogP contribution is 2.32.